The van der Waals surface area contributed by atoms with Crippen molar-refractivity contribution >= 4 is 29.4 Å². The number of nitrogens with zero attached hydrogens (tertiary/aromatic N) is 4. The molecule has 3 amide bonds. The summed E-state index contributed by atoms with van der Waals surface area (Å²) in [7, 11) is 0. The molecule has 1 aromatic heterocycles. The molecule has 3 N–H and O–H groups in total. The summed E-state index contributed by atoms with van der Waals surface area (Å²) in [6.07, 6.45) is 0. The minimum absolute atomic E-state index is 0.0406. The maximum atomic E-state index is 14.9. The van der Waals surface area contributed by atoms with Crippen molar-refractivity contribution in [3.05, 3.63) is 64.7 Å². The van der Waals surface area contributed by atoms with Crippen LogP contribution in [0.25, 0.3) is 11.3 Å². The van der Waals surface area contributed by atoms with Crippen LogP contribution in [0.4, 0.5) is 31.0 Å². The maximum absolute atomic E-state index is 14.9. The fraction of sp³-hybridized carbons (Fsp3) is 0.379. The number of carbonyl (C=O) groups excluding carboxylic acids is 2. The average molecular weight is 552 g/mol. The van der Waals surface area contributed by atoms with Crippen molar-refractivity contribution in [2.24, 2.45) is 0 Å². The monoisotopic (exact) mass is 551 g/mol. The molecule has 9 nitrogen and oxygen atoms in total. The van der Waals surface area contributed by atoms with Crippen molar-refractivity contribution in [1.29, 1.82) is 0 Å². The molecule has 0 fully saturated rings. The summed E-state index contributed by atoms with van der Waals surface area (Å²) < 4.78 is 29.9. The predicted molar refractivity (Wildman–Crippen MR) is 152 cm³/mol. The van der Waals surface area contributed by atoms with Crippen LogP contribution >= 0.6 is 0 Å². The van der Waals surface area contributed by atoms with E-state index < -0.39 is 23.4 Å². The molecule has 0 unspecified atom stereocenters. The third-order valence-electron chi connectivity index (χ3n) is 6.73. The Labute approximate surface area is 233 Å². The molecule has 1 aliphatic rings. The topological polar surface area (TPSA) is 102 Å². The predicted octanol–water partition coefficient (Wildman–Crippen LogP) is 4.98. The van der Waals surface area contributed by atoms with Gasteiger partial charge < -0.3 is 20.9 Å². The van der Waals surface area contributed by atoms with Gasteiger partial charge in [-0.1, -0.05) is 26.0 Å². The first-order valence-electron chi connectivity index (χ1n) is 13.5. The number of nitrogens with one attached hydrogen (secondary N) is 3. The van der Waals surface area contributed by atoms with Crippen molar-refractivity contribution in [2.75, 3.05) is 36.4 Å². The zero-order valence-corrected chi connectivity index (χ0v) is 23.4. The Morgan fingerprint density at radius 1 is 1.10 bits per heavy atom. The number of urea groups is 1. The summed E-state index contributed by atoms with van der Waals surface area (Å²) >= 11 is 0. The summed E-state index contributed by atoms with van der Waals surface area (Å²) in [5.41, 5.74) is 2.39. The van der Waals surface area contributed by atoms with Crippen LogP contribution < -0.4 is 20.9 Å². The number of fused-ring (bicyclic) bond motifs is 1. The molecule has 4 rings (SSSR count). The highest BCUT2D eigenvalue weighted by Gasteiger charge is 2.34. The van der Waals surface area contributed by atoms with Gasteiger partial charge in [-0.15, -0.1) is 0 Å². The van der Waals surface area contributed by atoms with E-state index in [1.54, 1.807) is 17.0 Å². The van der Waals surface area contributed by atoms with Gasteiger partial charge in [0.05, 0.1) is 12.2 Å². The van der Waals surface area contributed by atoms with Crippen LogP contribution in [-0.4, -0.2) is 59.0 Å². The molecular weight excluding hydrogens is 516 g/mol. The molecular formula is C29H35F2N7O2. The van der Waals surface area contributed by atoms with Crippen LogP contribution in [0.3, 0.4) is 0 Å². The van der Waals surface area contributed by atoms with Gasteiger partial charge in [-0.05, 0) is 50.6 Å². The molecule has 40 heavy (non-hydrogen) atoms. The maximum Gasteiger partial charge on any atom is 0.328 e. The van der Waals surface area contributed by atoms with E-state index in [2.05, 4.69) is 20.9 Å². The molecule has 0 atom stereocenters. The Kier molecular flexibility index (Phi) is 8.93. The Morgan fingerprint density at radius 2 is 1.80 bits per heavy atom. The van der Waals surface area contributed by atoms with E-state index in [1.807, 2.05) is 40.7 Å². The number of rotatable bonds is 10. The second kappa shape index (κ2) is 12.4. The first-order chi connectivity index (χ1) is 19.2. The molecule has 212 valence electrons. The van der Waals surface area contributed by atoms with Gasteiger partial charge in [0, 0.05) is 48.9 Å². The lowest BCUT2D eigenvalue weighted by Gasteiger charge is -2.31. The number of aryl methyl sites for hydroxylation is 1. The Hall–Kier alpha value is -4.12. The molecule has 0 bridgehead atoms. The molecule has 0 saturated carbocycles. The molecule has 11 heteroatoms. The van der Waals surface area contributed by atoms with Crippen molar-refractivity contribution in [2.45, 2.75) is 47.2 Å². The lowest BCUT2D eigenvalue weighted by Crippen LogP contribution is -2.43. The van der Waals surface area contributed by atoms with E-state index in [-0.39, 0.29) is 30.3 Å². The summed E-state index contributed by atoms with van der Waals surface area (Å²) in [4.78, 5) is 38.2. The Balaban J connectivity index is 1.89. The summed E-state index contributed by atoms with van der Waals surface area (Å²) in [6, 6.07) is 8.36. The molecule has 0 aliphatic carbocycles. The molecule has 2 aromatic carbocycles. The summed E-state index contributed by atoms with van der Waals surface area (Å²) in [5, 5.41) is 9.16. The highest BCUT2D eigenvalue weighted by Crippen LogP contribution is 2.39. The number of benzene rings is 2. The molecule has 0 saturated heterocycles. The minimum atomic E-state index is -0.901. The van der Waals surface area contributed by atoms with E-state index in [4.69, 9.17) is 4.98 Å². The van der Waals surface area contributed by atoms with E-state index in [9.17, 15) is 18.4 Å². The third-order valence-corrected chi connectivity index (χ3v) is 6.73. The summed E-state index contributed by atoms with van der Waals surface area (Å²) in [6.45, 7) is 12.0. The van der Waals surface area contributed by atoms with Crippen LogP contribution in [0.2, 0.25) is 0 Å². The Bertz CT molecular complexity index is 1390. The Morgan fingerprint density at radius 3 is 2.45 bits per heavy atom. The van der Waals surface area contributed by atoms with Gasteiger partial charge in [0.15, 0.2) is 5.82 Å². The molecule has 3 aromatic rings. The van der Waals surface area contributed by atoms with Gasteiger partial charge in [0.1, 0.15) is 17.3 Å². The van der Waals surface area contributed by atoms with Crippen LogP contribution in [0.1, 0.15) is 49.2 Å². The van der Waals surface area contributed by atoms with Crippen molar-refractivity contribution in [1.82, 2.24) is 25.5 Å². The third kappa shape index (κ3) is 5.89. The van der Waals surface area contributed by atoms with E-state index >= 15 is 0 Å². The number of hydrogen-bond donors (Lipinski definition) is 3. The average Bonchev–Trinajstić information content (AvgIpc) is 2.92. The highest BCUT2D eigenvalue weighted by atomic mass is 19.1. The molecule has 1 aliphatic heterocycles. The molecule has 0 radical (unpaired) electrons. The SMILES string of the molecule is CCN(CC)C(=O)c1ccc(C)c(-c2nc(NCCNC(C)C)nc3c2CNC(=O)N3c2c(F)cccc2F)c1. The number of hydrogen-bond acceptors (Lipinski definition) is 6. The highest BCUT2D eigenvalue weighted by molar-refractivity contribution is 6.02. The number of amides is 3. The number of carbonyl (C=O) groups is 2. The van der Waals surface area contributed by atoms with Crippen LogP contribution in [0.5, 0.6) is 0 Å². The fourth-order valence-corrected chi connectivity index (χ4v) is 4.61. The second-order valence-corrected chi connectivity index (χ2v) is 9.81. The lowest BCUT2D eigenvalue weighted by atomic mass is 9.97. The number of halogens is 2. The van der Waals surface area contributed by atoms with E-state index in [1.165, 1.54) is 6.07 Å². The standard InChI is InChI=1S/C29H35F2N7O2/c1-6-37(7-2)27(39)19-12-11-18(5)20(15-19)24-21-16-34-29(40)38(25-22(30)9-8-10-23(25)31)26(21)36-28(35-24)33-14-13-32-17(3)4/h8-12,15,17,32H,6-7,13-14,16H2,1-5H3,(H,34,40)(H,33,35,36). The fourth-order valence-electron chi connectivity index (χ4n) is 4.61. The van der Waals surface area contributed by atoms with Crippen molar-refractivity contribution < 1.29 is 18.4 Å². The zero-order chi connectivity index (χ0) is 29.0. The van der Waals surface area contributed by atoms with Crippen molar-refractivity contribution in [3.8, 4) is 11.3 Å². The molecule has 2 heterocycles. The zero-order valence-electron chi connectivity index (χ0n) is 23.4. The van der Waals surface area contributed by atoms with Gasteiger partial charge >= 0.3 is 6.03 Å². The number of para-hydroxylation sites is 1. The first-order valence-corrected chi connectivity index (χ1v) is 13.5. The normalized spacial score (nSPS) is 12.8. The van der Waals surface area contributed by atoms with Crippen LogP contribution in [-0.2, 0) is 6.54 Å². The lowest BCUT2D eigenvalue weighted by molar-refractivity contribution is 0.0773. The largest absolute Gasteiger partial charge is 0.353 e. The quantitative estimate of drug-likeness (QED) is 0.307. The number of aromatic nitrogens is 2. The van der Waals surface area contributed by atoms with Gasteiger partial charge in [-0.2, -0.15) is 4.98 Å². The van der Waals surface area contributed by atoms with E-state index in [0.717, 1.165) is 22.6 Å². The first kappa shape index (κ1) is 28.9. The molecule has 0 spiro atoms. The smallest absolute Gasteiger partial charge is 0.328 e. The minimum Gasteiger partial charge on any atom is -0.353 e. The van der Waals surface area contributed by atoms with Crippen molar-refractivity contribution in [3.63, 3.8) is 0 Å². The van der Waals surface area contributed by atoms with Gasteiger partial charge in [-0.25, -0.2) is 23.5 Å². The summed E-state index contributed by atoms with van der Waals surface area (Å²) in [5.74, 6) is -1.66. The van der Waals surface area contributed by atoms with Gasteiger partial charge in [0.25, 0.3) is 5.91 Å². The van der Waals surface area contributed by atoms with E-state index in [0.29, 0.717) is 48.6 Å². The number of anilines is 3. The van der Waals surface area contributed by atoms with Crippen LogP contribution in [0, 0.1) is 18.6 Å². The van der Waals surface area contributed by atoms with Crippen LogP contribution in [0.15, 0.2) is 36.4 Å². The van der Waals surface area contributed by atoms with Gasteiger partial charge in [-0.3, -0.25) is 4.79 Å². The van der Waals surface area contributed by atoms with Gasteiger partial charge in [0.2, 0.25) is 5.95 Å². The second-order valence-electron chi connectivity index (χ2n) is 9.81.